The average Bonchev–Trinajstić information content (AvgIpc) is 2.61. The molecule has 0 radical (unpaired) electrons. The second-order valence-electron chi connectivity index (χ2n) is 5.90. The summed E-state index contributed by atoms with van der Waals surface area (Å²) in [5, 5.41) is 2.44. The third-order valence-corrected chi connectivity index (χ3v) is 3.74. The molecule has 8 heteroatoms. The topological polar surface area (TPSA) is 81.4 Å². The Morgan fingerprint density at radius 1 is 1.00 bits per heavy atom. The van der Waals surface area contributed by atoms with E-state index in [1.807, 2.05) is 30.3 Å². The quantitative estimate of drug-likeness (QED) is 0.738. The van der Waals surface area contributed by atoms with E-state index in [0.717, 1.165) is 17.7 Å². The first-order valence-electron chi connectivity index (χ1n) is 8.12. The number of carbonyl (C=O) groups excluding carboxylic acids is 2. The Balaban J connectivity index is 1.87. The van der Waals surface area contributed by atoms with Crippen LogP contribution in [0.1, 0.15) is 16.7 Å². The summed E-state index contributed by atoms with van der Waals surface area (Å²) in [5.41, 5.74) is 5.82. The van der Waals surface area contributed by atoms with Crippen molar-refractivity contribution < 1.29 is 27.5 Å². The molecule has 0 saturated heterocycles. The highest BCUT2D eigenvalue weighted by molar-refractivity contribution is 5.87. The van der Waals surface area contributed by atoms with E-state index in [-0.39, 0.29) is 19.6 Å². The molecule has 2 aromatic carbocycles. The van der Waals surface area contributed by atoms with Gasteiger partial charge < -0.3 is 15.8 Å². The SMILES string of the molecule is NC(=O)[C@H](Cc1ccc(C(F)(F)F)cc1)NC(=O)COCc1ccccc1. The Morgan fingerprint density at radius 3 is 2.19 bits per heavy atom. The van der Waals surface area contributed by atoms with Crippen LogP contribution >= 0.6 is 0 Å². The minimum absolute atomic E-state index is 0.0160. The molecule has 2 amide bonds. The van der Waals surface area contributed by atoms with Crippen LogP contribution in [0.4, 0.5) is 13.2 Å². The minimum atomic E-state index is -4.44. The molecule has 0 aliphatic rings. The molecular formula is C19H19F3N2O3. The Hall–Kier alpha value is -2.87. The highest BCUT2D eigenvalue weighted by atomic mass is 19.4. The molecule has 0 spiro atoms. The van der Waals surface area contributed by atoms with Crippen LogP contribution in [0.15, 0.2) is 54.6 Å². The van der Waals surface area contributed by atoms with Gasteiger partial charge in [0, 0.05) is 6.42 Å². The summed E-state index contributed by atoms with van der Waals surface area (Å²) in [4.78, 5) is 23.5. The third-order valence-electron chi connectivity index (χ3n) is 3.74. The van der Waals surface area contributed by atoms with Gasteiger partial charge in [0.15, 0.2) is 0 Å². The van der Waals surface area contributed by atoms with Gasteiger partial charge >= 0.3 is 6.18 Å². The lowest BCUT2D eigenvalue weighted by molar-refractivity contribution is -0.137. The van der Waals surface area contributed by atoms with E-state index in [1.165, 1.54) is 12.1 Å². The number of ether oxygens (including phenoxy) is 1. The fourth-order valence-corrected chi connectivity index (χ4v) is 2.36. The number of alkyl halides is 3. The monoisotopic (exact) mass is 380 g/mol. The zero-order valence-electron chi connectivity index (χ0n) is 14.3. The Bertz CT molecular complexity index is 762. The first kappa shape index (κ1) is 20.4. The number of benzene rings is 2. The van der Waals surface area contributed by atoms with Crippen LogP contribution in [0.2, 0.25) is 0 Å². The number of halogens is 3. The molecule has 0 heterocycles. The molecular weight excluding hydrogens is 361 g/mol. The van der Waals surface area contributed by atoms with Crippen LogP contribution in [-0.4, -0.2) is 24.5 Å². The molecule has 27 heavy (non-hydrogen) atoms. The van der Waals surface area contributed by atoms with Crippen molar-refractivity contribution in [1.82, 2.24) is 5.32 Å². The molecule has 0 bridgehead atoms. The summed E-state index contributed by atoms with van der Waals surface area (Å²) >= 11 is 0. The molecule has 0 fully saturated rings. The van der Waals surface area contributed by atoms with E-state index >= 15 is 0 Å². The van der Waals surface area contributed by atoms with E-state index in [4.69, 9.17) is 10.5 Å². The molecule has 0 aromatic heterocycles. The van der Waals surface area contributed by atoms with Crippen molar-refractivity contribution in [2.45, 2.75) is 25.2 Å². The number of hydrogen-bond donors (Lipinski definition) is 2. The molecule has 2 aromatic rings. The number of nitrogens with one attached hydrogen (secondary N) is 1. The lowest BCUT2D eigenvalue weighted by Crippen LogP contribution is -2.47. The normalized spacial score (nSPS) is 12.4. The van der Waals surface area contributed by atoms with Crippen LogP contribution < -0.4 is 11.1 Å². The van der Waals surface area contributed by atoms with Crippen LogP contribution in [-0.2, 0) is 33.5 Å². The number of hydrogen-bond acceptors (Lipinski definition) is 3. The van der Waals surface area contributed by atoms with Gasteiger partial charge in [-0.2, -0.15) is 13.2 Å². The predicted octanol–water partition coefficient (Wildman–Crippen LogP) is 2.43. The molecule has 5 nitrogen and oxygen atoms in total. The second-order valence-corrected chi connectivity index (χ2v) is 5.90. The summed E-state index contributed by atoms with van der Waals surface area (Å²) in [7, 11) is 0. The van der Waals surface area contributed by atoms with Gasteiger partial charge in [0.1, 0.15) is 12.6 Å². The van der Waals surface area contributed by atoms with Crippen LogP contribution in [0.5, 0.6) is 0 Å². The number of nitrogens with two attached hydrogens (primary N) is 1. The Morgan fingerprint density at radius 2 is 1.63 bits per heavy atom. The first-order valence-corrected chi connectivity index (χ1v) is 8.12. The maximum absolute atomic E-state index is 12.6. The highest BCUT2D eigenvalue weighted by Gasteiger charge is 2.30. The summed E-state index contributed by atoms with van der Waals surface area (Å²) < 4.78 is 43.0. The number of carbonyl (C=O) groups is 2. The fourth-order valence-electron chi connectivity index (χ4n) is 2.36. The van der Waals surface area contributed by atoms with Gasteiger partial charge in [0.2, 0.25) is 11.8 Å². The Kier molecular flexibility index (Phi) is 6.95. The maximum Gasteiger partial charge on any atom is 0.416 e. The van der Waals surface area contributed by atoms with Gasteiger partial charge in [-0.1, -0.05) is 42.5 Å². The van der Waals surface area contributed by atoms with Crippen molar-refractivity contribution in [3.05, 3.63) is 71.3 Å². The summed E-state index contributed by atoms with van der Waals surface area (Å²) in [6.45, 7) is -0.0416. The summed E-state index contributed by atoms with van der Waals surface area (Å²) in [6.07, 6.45) is -4.45. The summed E-state index contributed by atoms with van der Waals surface area (Å²) in [6, 6.07) is 12.5. The van der Waals surface area contributed by atoms with Crippen LogP contribution in [0.3, 0.4) is 0 Å². The number of rotatable bonds is 8. The van der Waals surface area contributed by atoms with Crippen molar-refractivity contribution in [2.24, 2.45) is 5.73 Å². The molecule has 0 unspecified atom stereocenters. The molecule has 0 aliphatic heterocycles. The van der Waals surface area contributed by atoms with Gasteiger partial charge in [0.25, 0.3) is 0 Å². The highest BCUT2D eigenvalue weighted by Crippen LogP contribution is 2.29. The zero-order valence-corrected chi connectivity index (χ0v) is 14.3. The standard InChI is InChI=1S/C19H19F3N2O3/c20-19(21,22)15-8-6-13(7-9-15)10-16(18(23)26)24-17(25)12-27-11-14-4-2-1-3-5-14/h1-9,16H,10-12H2,(H2,23,26)(H,24,25)/t16-/m0/s1. The maximum atomic E-state index is 12.6. The van der Waals surface area contributed by atoms with Crippen molar-refractivity contribution in [3.63, 3.8) is 0 Å². The van der Waals surface area contributed by atoms with Gasteiger partial charge in [-0.05, 0) is 23.3 Å². The predicted molar refractivity (Wildman–Crippen MR) is 92.4 cm³/mol. The van der Waals surface area contributed by atoms with Crippen molar-refractivity contribution in [1.29, 1.82) is 0 Å². The van der Waals surface area contributed by atoms with E-state index in [1.54, 1.807) is 0 Å². The zero-order chi connectivity index (χ0) is 19.9. The van der Waals surface area contributed by atoms with E-state index in [0.29, 0.717) is 5.56 Å². The van der Waals surface area contributed by atoms with Gasteiger partial charge in [-0.3, -0.25) is 9.59 Å². The Labute approximate surface area is 154 Å². The number of primary amides is 1. The molecule has 144 valence electrons. The van der Waals surface area contributed by atoms with Crippen LogP contribution in [0, 0.1) is 0 Å². The minimum Gasteiger partial charge on any atom is -0.368 e. The van der Waals surface area contributed by atoms with Gasteiger partial charge in [0.05, 0.1) is 12.2 Å². The lowest BCUT2D eigenvalue weighted by Gasteiger charge is -2.16. The lowest BCUT2D eigenvalue weighted by atomic mass is 10.0. The molecule has 2 rings (SSSR count). The average molecular weight is 380 g/mol. The van der Waals surface area contributed by atoms with Crippen LogP contribution in [0.25, 0.3) is 0 Å². The van der Waals surface area contributed by atoms with Crippen molar-refractivity contribution >= 4 is 11.8 Å². The largest absolute Gasteiger partial charge is 0.416 e. The van der Waals surface area contributed by atoms with Crippen molar-refractivity contribution in [2.75, 3.05) is 6.61 Å². The first-order chi connectivity index (χ1) is 12.8. The van der Waals surface area contributed by atoms with E-state index < -0.39 is 29.6 Å². The molecule has 3 N–H and O–H groups in total. The van der Waals surface area contributed by atoms with Gasteiger partial charge in [-0.15, -0.1) is 0 Å². The number of amides is 2. The van der Waals surface area contributed by atoms with Gasteiger partial charge in [-0.25, -0.2) is 0 Å². The molecule has 0 saturated carbocycles. The molecule has 0 aliphatic carbocycles. The van der Waals surface area contributed by atoms with E-state index in [9.17, 15) is 22.8 Å². The molecule has 1 atom stereocenters. The van der Waals surface area contributed by atoms with E-state index in [2.05, 4.69) is 5.32 Å². The second kappa shape index (κ2) is 9.18. The fraction of sp³-hybridized carbons (Fsp3) is 0.263. The summed E-state index contributed by atoms with van der Waals surface area (Å²) in [5.74, 6) is -1.33. The third kappa shape index (κ3) is 6.74. The van der Waals surface area contributed by atoms with Crippen molar-refractivity contribution in [3.8, 4) is 0 Å². The smallest absolute Gasteiger partial charge is 0.368 e.